The van der Waals surface area contributed by atoms with Crippen LogP contribution in [0.1, 0.15) is 114 Å². The van der Waals surface area contributed by atoms with Crippen LogP contribution in [-0.4, -0.2) is 75.8 Å². The van der Waals surface area contributed by atoms with E-state index in [1.165, 1.54) is 4.90 Å². The van der Waals surface area contributed by atoms with E-state index in [9.17, 15) is 29.1 Å². The summed E-state index contributed by atoms with van der Waals surface area (Å²) >= 11 is 1.58. The number of unbranched alkanes of at least 4 members (excludes halogenated alkanes) is 3. The zero-order valence-electron chi connectivity index (χ0n) is 36.2. The number of aliphatic hydroxyl groups excluding tert-OH is 1. The maximum absolute atomic E-state index is 14.0. The standard InChI is InChI=1S/C47H61N7O6S/c1-7-26-49-53-44(58)36-20-16-33(17-21-36)34-22-24-37(25-23-34)51-40(56)12-10-8-9-11-13-41(57)52-43(47(4,5)6)46(60)54-28-38(55)27-39(54)45(59)50-30(2)32-14-18-35(19-15-32)42-31(3)48-29-61-42/h14-25,29-30,38-39,43,49,55H,7-13,26-28H2,1-6H3,(H,50,59)(H,51,56)(H,52,57)(H,53,58)/t30-,38+,39-,43?/m1/s1. The van der Waals surface area contributed by atoms with Gasteiger partial charge in [-0.3, -0.25) is 29.4 Å². The van der Waals surface area contributed by atoms with Gasteiger partial charge in [0.2, 0.25) is 23.6 Å². The zero-order chi connectivity index (χ0) is 44.1. The number of hydrogen-bond acceptors (Lipinski definition) is 9. The minimum absolute atomic E-state index is 0.00394. The first-order valence-corrected chi connectivity index (χ1v) is 22.1. The van der Waals surface area contributed by atoms with Crippen LogP contribution in [0.25, 0.3) is 21.6 Å². The second-order valence-electron chi connectivity index (χ2n) is 16.9. The summed E-state index contributed by atoms with van der Waals surface area (Å²) in [6.07, 6.45) is 3.50. The molecule has 2 heterocycles. The van der Waals surface area contributed by atoms with Gasteiger partial charge in [0.15, 0.2) is 0 Å². The maximum Gasteiger partial charge on any atom is 0.265 e. The molecule has 0 radical (unpaired) electrons. The smallest absolute Gasteiger partial charge is 0.265 e. The second-order valence-corrected chi connectivity index (χ2v) is 17.7. The van der Waals surface area contributed by atoms with Crippen molar-refractivity contribution >= 4 is 46.6 Å². The average molecular weight is 852 g/mol. The highest BCUT2D eigenvalue weighted by Gasteiger charge is 2.44. The Kier molecular flexibility index (Phi) is 16.7. The van der Waals surface area contributed by atoms with E-state index in [-0.39, 0.29) is 49.1 Å². The number of aryl methyl sites for hydroxylation is 1. The van der Waals surface area contributed by atoms with Crippen LogP contribution < -0.4 is 26.8 Å². The molecule has 326 valence electrons. The van der Waals surface area contributed by atoms with Crippen molar-refractivity contribution in [2.75, 3.05) is 18.4 Å². The highest BCUT2D eigenvalue weighted by Crippen LogP contribution is 2.30. The van der Waals surface area contributed by atoms with Crippen molar-refractivity contribution in [2.24, 2.45) is 5.41 Å². The lowest BCUT2D eigenvalue weighted by Gasteiger charge is -2.35. The molecule has 4 atom stereocenters. The van der Waals surface area contributed by atoms with Crippen molar-refractivity contribution in [1.29, 1.82) is 0 Å². The molecule has 5 rings (SSSR count). The number of nitrogens with zero attached hydrogens (tertiary/aromatic N) is 2. The molecule has 3 aromatic carbocycles. The summed E-state index contributed by atoms with van der Waals surface area (Å²) in [4.78, 5) is 72.6. The van der Waals surface area contributed by atoms with Crippen LogP contribution in [0.2, 0.25) is 0 Å². The van der Waals surface area contributed by atoms with Crippen LogP contribution in [-0.2, 0) is 19.2 Å². The van der Waals surface area contributed by atoms with Crippen LogP contribution >= 0.6 is 11.3 Å². The highest BCUT2D eigenvalue weighted by molar-refractivity contribution is 7.13. The molecule has 0 bridgehead atoms. The molecule has 6 N–H and O–H groups in total. The summed E-state index contributed by atoms with van der Waals surface area (Å²) in [5.74, 6) is -1.29. The van der Waals surface area contributed by atoms with Gasteiger partial charge in [-0.2, -0.15) is 0 Å². The second kappa shape index (κ2) is 21.9. The largest absolute Gasteiger partial charge is 0.391 e. The molecule has 0 aliphatic carbocycles. The average Bonchev–Trinajstić information content (AvgIpc) is 3.86. The fourth-order valence-electron chi connectivity index (χ4n) is 7.30. The number of thiazole rings is 1. The van der Waals surface area contributed by atoms with Gasteiger partial charge < -0.3 is 26.0 Å². The number of hydrogen-bond donors (Lipinski definition) is 6. The number of likely N-dealkylation sites (tertiary alicyclic amines) is 1. The van der Waals surface area contributed by atoms with Gasteiger partial charge in [0.05, 0.1) is 28.2 Å². The molecule has 1 aliphatic heterocycles. The number of carbonyl (C=O) groups is 5. The van der Waals surface area contributed by atoms with E-state index in [1.54, 1.807) is 23.5 Å². The SMILES string of the molecule is CCCNNC(=O)c1ccc(-c2ccc(NC(=O)CCCCCCC(=O)NC(C(=O)N3C[C@@H](O)C[C@@H]3C(=O)N[C@H](C)c3ccc(-c4scnc4C)cc3)C(C)(C)C)cc2)cc1. The van der Waals surface area contributed by atoms with Crippen LogP contribution in [0, 0.1) is 12.3 Å². The number of anilines is 1. The Bertz CT molecular complexity index is 2100. The van der Waals surface area contributed by atoms with E-state index in [2.05, 4.69) is 31.8 Å². The predicted octanol–water partition coefficient (Wildman–Crippen LogP) is 7.08. The minimum atomic E-state index is -0.898. The van der Waals surface area contributed by atoms with E-state index >= 15 is 0 Å². The number of rotatable bonds is 19. The Morgan fingerprint density at radius 3 is 2.03 bits per heavy atom. The summed E-state index contributed by atoms with van der Waals surface area (Å²) in [6.45, 7) is 12.2. The molecule has 1 aromatic heterocycles. The van der Waals surface area contributed by atoms with Crippen LogP contribution in [0.4, 0.5) is 5.69 Å². The molecular weight excluding hydrogens is 791 g/mol. The number of nitrogens with one attached hydrogen (secondary N) is 5. The maximum atomic E-state index is 14.0. The number of amides is 5. The Balaban J connectivity index is 1.03. The number of carbonyl (C=O) groups excluding carboxylic acids is 5. The lowest BCUT2D eigenvalue weighted by Crippen LogP contribution is -2.57. The molecular formula is C47H61N7O6S. The van der Waals surface area contributed by atoms with Crippen molar-refractivity contribution in [3.63, 3.8) is 0 Å². The van der Waals surface area contributed by atoms with Gasteiger partial charge in [0.1, 0.15) is 12.1 Å². The van der Waals surface area contributed by atoms with Gasteiger partial charge in [-0.15, -0.1) is 11.3 Å². The first kappa shape index (κ1) is 46.6. The normalized spacial score (nSPS) is 16.1. The van der Waals surface area contributed by atoms with Crippen molar-refractivity contribution in [1.82, 2.24) is 31.4 Å². The fraction of sp³-hybridized carbons (Fsp3) is 0.447. The molecule has 13 nitrogen and oxygen atoms in total. The summed E-state index contributed by atoms with van der Waals surface area (Å²) in [7, 11) is 0. The third-order valence-corrected chi connectivity index (χ3v) is 11.8. The van der Waals surface area contributed by atoms with E-state index in [4.69, 9.17) is 0 Å². The van der Waals surface area contributed by atoms with Gasteiger partial charge in [0.25, 0.3) is 5.91 Å². The minimum Gasteiger partial charge on any atom is -0.391 e. The molecule has 14 heteroatoms. The molecule has 1 aliphatic rings. The van der Waals surface area contributed by atoms with Crippen LogP contribution in [0.3, 0.4) is 0 Å². The van der Waals surface area contributed by atoms with Crippen LogP contribution in [0.5, 0.6) is 0 Å². The highest BCUT2D eigenvalue weighted by atomic mass is 32.1. The lowest BCUT2D eigenvalue weighted by atomic mass is 9.85. The predicted molar refractivity (Wildman–Crippen MR) is 240 cm³/mol. The molecule has 1 unspecified atom stereocenters. The van der Waals surface area contributed by atoms with Gasteiger partial charge in [-0.05, 0) is 85.0 Å². The number of hydrazine groups is 1. The summed E-state index contributed by atoms with van der Waals surface area (Å²) in [6, 6.07) is 20.7. The Labute approximate surface area is 363 Å². The fourth-order valence-corrected chi connectivity index (χ4v) is 8.11. The topological polar surface area (TPSA) is 182 Å². The van der Waals surface area contributed by atoms with Gasteiger partial charge in [-0.1, -0.05) is 89.1 Å². The van der Waals surface area contributed by atoms with Gasteiger partial charge >= 0.3 is 0 Å². The third-order valence-electron chi connectivity index (χ3n) is 10.8. The number of aromatic nitrogens is 1. The van der Waals surface area contributed by atoms with E-state index in [1.807, 2.05) is 108 Å². The van der Waals surface area contributed by atoms with Crippen molar-refractivity contribution in [3.05, 3.63) is 95.1 Å². The first-order chi connectivity index (χ1) is 29.1. The Hall–Kier alpha value is -5.44. The monoisotopic (exact) mass is 851 g/mol. The molecule has 5 amide bonds. The number of benzene rings is 3. The summed E-state index contributed by atoms with van der Waals surface area (Å²) in [5.41, 5.74) is 12.8. The molecule has 4 aromatic rings. The molecule has 1 saturated heterocycles. The van der Waals surface area contributed by atoms with Gasteiger partial charge in [-0.25, -0.2) is 10.4 Å². The zero-order valence-corrected chi connectivity index (χ0v) is 37.0. The third kappa shape index (κ3) is 13.3. The number of aliphatic hydroxyl groups is 1. The number of β-amino-alcohol motifs (C(OH)–C–C–N with tert-alkyl or cyclic N) is 1. The van der Waals surface area contributed by atoms with E-state index in [0.717, 1.165) is 52.1 Å². The quantitative estimate of drug-likeness (QED) is 0.0428. The summed E-state index contributed by atoms with van der Waals surface area (Å²) in [5, 5.41) is 19.5. The first-order valence-electron chi connectivity index (χ1n) is 21.3. The van der Waals surface area contributed by atoms with E-state index < -0.39 is 29.5 Å². The summed E-state index contributed by atoms with van der Waals surface area (Å²) < 4.78 is 0. The van der Waals surface area contributed by atoms with Crippen molar-refractivity contribution in [3.8, 4) is 21.6 Å². The van der Waals surface area contributed by atoms with Crippen LogP contribution in [0.15, 0.2) is 78.3 Å². The van der Waals surface area contributed by atoms with Gasteiger partial charge in [0, 0.05) is 43.6 Å². The lowest BCUT2D eigenvalue weighted by molar-refractivity contribution is -0.144. The Morgan fingerprint density at radius 1 is 0.836 bits per heavy atom. The Morgan fingerprint density at radius 2 is 1.44 bits per heavy atom. The molecule has 1 fully saturated rings. The van der Waals surface area contributed by atoms with Crippen molar-refractivity contribution < 1.29 is 29.1 Å². The molecule has 0 spiro atoms. The molecule has 0 saturated carbocycles. The molecule has 61 heavy (non-hydrogen) atoms. The van der Waals surface area contributed by atoms with E-state index in [0.29, 0.717) is 37.1 Å². The van der Waals surface area contributed by atoms with Crippen molar-refractivity contribution in [2.45, 2.75) is 117 Å².